The molecular formula is C22H40. The molecule has 3 aliphatic rings. The molecule has 0 radical (unpaired) electrons. The summed E-state index contributed by atoms with van der Waals surface area (Å²) in [5.41, 5.74) is 0. The van der Waals surface area contributed by atoms with Gasteiger partial charge in [0.25, 0.3) is 0 Å². The van der Waals surface area contributed by atoms with E-state index in [-0.39, 0.29) is 0 Å². The predicted octanol–water partition coefficient (Wildman–Crippen LogP) is 6.36. The van der Waals surface area contributed by atoms with Crippen LogP contribution < -0.4 is 0 Å². The second-order valence-electron chi connectivity index (χ2n) is 10.00. The Morgan fingerprint density at radius 2 is 0.500 bits per heavy atom. The van der Waals surface area contributed by atoms with Crippen molar-refractivity contribution >= 4 is 0 Å². The summed E-state index contributed by atoms with van der Waals surface area (Å²) in [6, 6.07) is 0. The first kappa shape index (κ1) is 16.8. The SMILES string of the molecule is CC1C(C)C(C)C2CC3C(C)C(C)C(C)C(C)C3CC2C1C. The molecule has 0 heteroatoms. The summed E-state index contributed by atoms with van der Waals surface area (Å²) in [7, 11) is 0. The van der Waals surface area contributed by atoms with Crippen molar-refractivity contribution in [3.8, 4) is 0 Å². The Hall–Kier alpha value is 0. The molecule has 0 N–H and O–H groups in total. The first-order valence-electron chi connectivity index (χ1n) is 10.3. The zero-order valence-corrected chi connectivity index (χ0v) is 16.3. The van der Waals surface area contributed by atoms with E-state index in [1.54, 1.807) is 12.8 Å². The molecule has 0 amide bonds. The third kappa shape index (κ3) is 2.30. The Balaban J connectivity index is 1.88. The summed E-state index contributed by atoms with van der Waals surface area (Å²) in [5, 5.41) is 0. The molecule has 0 aliphatic heterocycles. The van der Waals surface area contributed by atoms with E-state index >= 15 is 0 Å². The highest BCUT2D eigenvalue weighted by atomic mass is 14.6. The maximum atomic E-state index is 2.58. The lowest BCUT2D eigenvalue weighted by molar-refractivity contribution is -0.105. The van der Waals surface area contributed by atoms with Crippen LogP contribution in [0, 0.1) is 71.0 Å². The zero-order valence-electron chi connectivity index (χ0n) is 16.3. The lowest BCUT2D eigenvalue weighted by Gasteiger charge is -2.59. The molecule has 3 fully saturated rings. The van der Waals surface area contributed by atoms with Gasteiger partial charge in [-0.1, -0.05) is 55.4 Å². The van der Waals surface area contributed by atoms with E-state index in [0.717, 1.165) is 71.0 Å². The van der Waals surface area contributed by atoms with Crippen LogP contribution in [0.3, 0.4) is 0 Å². The number of hydrogen-bond donors (Lipinski definition) is 0. The van der Waals surface area contributed by atoms with E-state index in [4.69, 9.17) is 0 Å². The average Bonchev–Trinajstić information content (AvgIpc) is 2.52. The summed E-state index contributed by atoms with van der Waals surface area (Å²) in [5.74, 6) is 11.5. The van der Waals surface area contributed by atoms with Crippen LogP contribution >= 0.6 is 0 Å². The summed E-state index contributed by atoms with van der Waals surface area (Å²) < 4.78 is 0. The van der Waals surface area contributed by atoms with E-state index in [9.17, 15) is 0 Å². The molecule has 22 heavy (non-hydrogen) atoms. The third-order valence-electron chi connectivity index (χ3n) is 9.87. The Kier molecular flexibility index (Phi) is 4.45. The van der Waals surface area contributed by atoms with Crippen LogP contribution in [-0.2, 0) is 0 Å². The Morgan fingerprint density at radius 1 is 0.318 bits per heavy atom. The van der Waals surface area contributed by atoms with Crippen molar-refractivity contribution in [3.63, 3.8) is 0 Å². The molecule has 0 bridgehead atoms. The molecule has 128 valence electrons. The molecule has 3 aliphatic carbocycles. The van der Waals surface area contributed by atoms with Gasteiger partial charge in [0.05, 0.1) is 0 Å². The van der Waals surface area contributed by atoms with Crippen LogP contribution in [0.2, 0.25) is 0 Å². The van der Waals surface area contributed by atoms with Gasteiger partial charge in [-0.05, 0) is 83.9 Å². The van der Waals surface area contributed by atoms with Gasteiger partial charge in [0, 0.05) is 0 Å². The summed E-state index contributed by atoms with van der Waals surface area (Å²) in [6.45, 7) is 20.4. The molecule has 0 spiro atoms. The molecule has 0 nitrogen and oxygen atoms in total. The smallest absolute Gasteiger partial charge is 0.0352 e. The van der Waals surface area contributed by atoms with E-state index in [2.05, 4.69) is 55.4 Å². The Labute approximate surface area is 139 Å². The van der Waals surface area contributed by atoms with Crippen molar-refractivity contribution in [1.29, 1.82) is 0 Å². The van der Waals surface area contributed by atoms with Crippen LogP contribution in [0.25, 0.3) is 0 Å². The maximum absolute atomic E-state index is 2.58. The van der Waals surface area contributed by atoms with E-state index in [1.807, 2.05) is 0 Å². The zero-order chi connectivity index (χ0) is 16.3. The molecule has 0 heterocycles. The van der Waals surface area contributed by atoms with Crippen molar-refractivity contribution in [2.24, 2.45) is 71.0 Å². The second-order valence-corrected chi connectivity index (χ2v) is 10.00. The quantitative estimate of drug-likeness (QED) is 0.488. The van der Waals surface area contributed by atoms with Gasteiger partial charge < -0.3 is 0 Å². The van der Waals surface area contributed by atoms with Crippen molar-refractivity contribution in [2.75, 3.05) is 0 Å². The highest BCUT2D eigenvalue weighted by molar-refractivity contribution is 5.01. The van der Waals surface area contributed by atoms with Gasteiger partial charge in [0.1, 0.15) is 0 Å². The van der Waals surface area contributed by atoms with Crippen molar-refractivity contribution < 1.29 is 0 Å². The molecule has 3 rings (SSSR count). The molecule has 12 atom stereocenters. The number of rotatable bonds is 0. The Morgan fingerprint density at radius 3 is 0.682 bits per heavy atom. The van der Waals surface area contributed by atoms with Gasteiger partial charge in [0.2, 0.25) is 0 Å². The molecule has 12 unspecified atom stereocenters. The van der Waals surface area contributed by atoms with Gasteiger partial charge in [-0.15, -0.1) is 0 Å². The minimum Gasteiger partial charge on any atom is -0.0620 e. The van der Waals surface area contributed by atoms with Crippen molar-refractivity contribution in [2.45, 2.75) is 68.2 Å². The second kappa shape index (κ2) is 5.82. The molecule has 0 aromatic rings. The lowest BCUT2D eigenvalue weighted by Crippen LogP contribution is -2.53. The largest absolute Gasteiger partial charge is 0.0620 e. The first-order chi connectivity index (χ1) is 10.3. The molecule has 0 aromatic heterocycles. The third-order valence-corrected chi connectivity index (χ3v) is 9.87. The average molecular weight is 305 g/mol. The van der Waals surface area contributed by atoms with Gasteiger partial charge in [0.15, 0.2) is 0 Å². The van der Waals surface area contributed by atoms with Crippen LogP contribution in [0.4, 0.5) is 0 Å². The molecule has 0 saturated heterocycles. The van der Waals surface area contributed by atoms with Crippen LogP contribution in [-0.4, -0.2) is 0 Å². The summed E-state index contributed by atoms with van der Waals surface area (Å²) in [4.78, 5) is 0. The normalized spacial score (nSPS) is 62.2. The fourth-order valence-corrected chi connectivity index (χ4v) is 7.22. The van der Waals surface area contributed by atoms with Crippen molar-refractivity contribution in [3.05, 3.63) is 0 Å². The van der Waals surface area contributed by atoms with E-state index in [1.165, 1.54) is 0 Å². The minimum absolute atomic E-state index is 0.917. The minimum atomic E-state index is 0.917. The molecule has 0 aromatic carbocycles. The van der Waals surface area contributed by atoms with Crippen LogP contribution in [0.15, 0.2) is 0 Å². The molecule has 3 saturated carbocycles. The maximum Gasteiger partial charge on any atom is -0.0352 e. The monoisotopic (exact) mass is 304 g/mol. The van der Waals surface area contributed by atoms with E-state index in [0.29, 0.717) is 0 Å². The number of hydrogen-bond acceptors (Lipinski definition) is 0. The standard InChI is InChI=1S/C22H40/c1-11-12(2)16(6)20-10-22-18(8)14(4)13(3)17(7)21(22)9-19(20)15(11)5/h11-22H,9-10H2,1-8H3. The highest BCUT2D eigenvalue weighted by Gasteiger charge is 2.53. The van der Waals surface area contributed by atoms with Gasteiger partial charge in [-0.2, -0.15) is 0 Å². The van der Waals surface area contributed by atoms with Crippen molar-refractivity contribution in [1.82, 2.24) is 0 Å². The van der Waals surface area contributed by atoms with Gasteiger partial charge >= 0.3 is 0 Å². The van der Waals surface area contributed by atoms with Gasteiger partial charge in [-0.3, -0.25) is 0 Å². The summed E-state index contributed by atoms with van der Waals surface area (Å²) >= 11 is 0. The highest BCUT2D eigenvalue weighted by Crippen LogP contribution is 2.60. The topological polar surface area (TPSA) is 0 Å². The number of fused-ring (bicyclic) bond motifs is 2. The predicted molar refractivity (Wildman–Crippen MR) is 96.5 cm³/mol. The van der Waals surface area contributed by atoms with Crippen LogP contribution in [0.1, 0.15) is 68.2 Å². The fraction of sp³-hybridized carbons (Fsp3) is 1.00. The Bertz CT molecular complexity index is 325. The summed E-state index contributed by atoms with van der Waals surface area (Å²) in [6.07, 6.45) is 3.08. The van der Waals surface area contributed by atoms with Gasteiger partial charge in [-0.25, -0.2) is 0 Å². The van der Waals surface area contributed by atoms with Crippen LogP contribution in [0.5, 0.6) is 0 Å². The first-order valence-corrected chi connectivity index (χ1v) is 10.3. The lowest BCUT2D eigenvalue weighted by atomic mass is 9.46. The van der Waals surface area contributed by atoms with E-state index < -0.39 is 0 Å². The fourth-order valence-electron chi connectivity index (χ4n) is 7.22. The molecular weight excluding hydrogens is 264 g/mol.